The van der Waals surface area contributed by atoms with E-state index in [1.54, 1.807) is 43.1 Å². The van der Waals surface area contributed by atoms with Gasteiger partial charge in [0.2, 0.25) is 10.0 Å². The van der Waals surface area contributed by atoms with E-state index < -0.39 is 10.0 Å². The highest BCUT2D eigenvalue weighted by Gasteiger charge is 2.21. The zero-order chi connectivity index (χ0) is 15.6. The molecule has 0 saturated heterocycles. The predicted molar refractivity (Wildman–Crippen MR) is 82.5 cm³/mol. The van der Waals surface area contributed by atoms with E-state index in [2.05, 4.69) is 9.82 Å². The first-order chi connectivity index (χ1) is 9.83. The molecule has 0 aliphatic rings. The largest absolute Gasteiger partial charge is 0.398 e. The number of sulfonamides is 1. The van der Waals surface area contributed by atoms with E-state index in [0.29, 0.717) is 17.8 Å². The van der Waals surface area contributed by atoms with Gasteiger partial charge in [-0.2, -0.15) is 5.10 Å². The number of nitrogens with one attached hydrogen (secondary N) is 1. The van der Waals surface area contributed by atoms with Crippen molar-refractivity contribution in [1.82, 2.24) is 14.5 Å². The first kappa shape index (κ1) is 15.5. The monoisotopic (exact) mass is 308 g/mol. The van der Waals surface area contributed by atoms with Gasteiger partial charge in [-0.25, -0.2) is 13.1 Å². The molecule has 114 valence electrons. The zero-order valence-corrected chi connectivity index (χ0v) is 13.2. The van der Waals surface area contributed by atoms with Crippen LogP contribution >= 0.6 is 0 Å². The molecule has 3 N–H and O–H groups in total. The Kier molecular flexibility index (Phi) is 4.34. The first-order valence-corrected chi connectivity index (χ1v) is 8.14. The van der Waals surface area contributed by atoms with E-state index in [1.165, 1.54) is 0 Å². The maximum Gasteiger partial charge on any atom is 0.241 e. The summed E-state index contributed by atoms with van der Waals surface area (Å²) in [5, 5.41) is 4.03. The van der Waals surface area contributed by atoms with Crippen molar-refractivity contribution in [2.75, 3.05) is 12.3 Å². The number of benzene rings is 1. The Balaban J connectivity index is 2.23. The van der Waals surface area contributed by atoms with Gasteiger partial charge in [-0.3, -0.25) is 4.68 Å². The van der Waals surface area contributed by atoms with Gasteiger partial charge in [0.1, 0.15) is 0 Å². The lowest BCUT2D eigenvalue weighted by Crippen LogP contribution is -2.29. The quantitative estimate of drug-likeness (QED) is 0.816. The minimum absolute atomic E-state index is 0.275. The molecule has 6 nitrogen and oxygen atoms in total. The number of nitrogens with zero attached hydrogens (tertiary/aromatic N) is 2. The molecule has 0 aliphatic carbocycles. The Morgan fingerprint density at radius 1 is 1.29 bits per heavy atom. The number of aryl methyl sites for hydroxylation is 1. The molecular weight excluding hydrogens is 288 g/mol. The molecule has 0 radical (unpaired) electrons. The first-order valence-electron chi connectivity index (χ1n) is 6.66. The standard InChI is InChI=1S/C14H20N4O2S/c1-10-9-13(15)12(3)14(11(10)2)21(19,20)17-6-8-18-7-4-5-16-18/h4-5,7,9,17H,6,8,15H2,1-3H3. The van der Waals surface area contributed by atoms with Gasteiger partial charge in [0.15, 0.2) is 0 Å². The van der Waals surface area contributed by atoms with Crippen LogP contribution < -0.4 is 10.5 Å². The number of nitrogens with two attached hydrogens (primary N) is 1. The van der Waals surface area contributed by atoms with Gasteiger partial charge >= 0.3 is 0 Å². The molecule has 21 heavy (non-hydrogen) atoms. The number of nitrogen functional groups attached to an aromatic ring is 1. The Hall–Kier alpha value is -1.86. The van der Waals surface area contributed by atoms with Crippen LogP contribution in [0.5, 0.6) is 0 Å². The van der Waals surface area contributed by atoms with Gasteiger partial charge in [-0.1, -0.05) is 0 Å². The number of anilines is 1. The van der Waals surface area contributed by atoms with Crippen molar-refractivity contribution in [3.05, 3.63) is 41.2 Å². The molecule has 1 heterocycles. The Labute approximate surface area is 125 Å². The number of aromatic nitrogens is 2. The molecule has 0 saturated carbocycles. The van der Waals surface area contributed by atoms with E-state index in [4.69, 9.17) is 5.73 Å². The van der Waals surface area contributed by atoms with E-state index >= 15 is 0 Å². The van der Waals surface area contributed by atoms with Gasteiger partial charge in [-0.15, -0.1) is 0 Å². The highest BCUT2D eigenvalue weighted by atomic mass is 32.2. The lowest BCUT2D eigenvalue weighted by Gasteiger charge is -2.16. The lowest BCUT2D eigenvalue weighted by molar-refractivity contribution is 0.560. The van der Waals surface area contributed by atoms with Crippen molar-refractivity contribution in [2.45, 2.75) is 32.2 Å². The minimum Gasteiger partial charge on any atom is -0.398 e. The van der Waals surface area contributed by atoms with E-state index in [0.717, 1.165) is 11.1 Å². The summed E-state index contributed by atoms with van der Waals surface area (Å²) in [7, 11) is -3.59. The topological polar surface area (TPSA) is 90.0 Å². The molecule has 0 spiro atoms. The highest BCUT2D eigenvalue weighted by Crippen LogP contribution is 2.27. The molecule has 0 amide bonds. The average molecular weight is 308 g/mol. The van der Waals surface area contributed by atoms with Crippen LogP contribution in [0.3, 0.4) is 0 Å². The van der Waals surface area contributed by atoms with Gasteiger partial charge in [0.05, 0.1) is 11.4 Å². The predicted octanol–water partition coefficient (Wildman–Crippen LogP) is 1.37. The minimum atomic E-state index is -3.59. The second kappa shape index (κ2) is 5.87. The van der Waals surface area contributed by atoms with E-state index in [1.807, 2.05) is 6.92 Å². The summed E-state index contributed by atoms with van der Waals surface area (Å²) in [6, 6.07) is 3.59. The van der Waals surface area contributed by atoms with Crippen molar-refractivity contribution in [1.29, 1.82) is 0 Å². The maximum absolute atomic E-state index is 12.5. The molecule has 1 aromatic heterocycles. The molecule has 0 unspecified atom stereocenters. The fourth-order valence-electron chi connectivity index (χ4n) is 2.24. The van der Waals surface area contributed by atoms with Crippen LogP contribution in [0.25, 0.3) is 0 Å². The second-order valence-corrected chi connectivity index (χ2v) is 6.73. The van der Waals surface area contributed by atoms with Gasteiger partial charge < -0.3 is 5.73 Å². The number of hydrogen-bond acceptors (Lipinski definition) is 4. The summed E-state index contributed by atoms with van der Waals surface area (Å²) in [6.07, 6.45) is 3.44. The summed E-state index contributed by atoms with van der Waals surface area (Å²) < 4.78 is 29.3. The molecule has 2 rings (SSSR count). The smallest absolute Gasteiger partial charge is 0.241 e. The third kappa shape index (κ3) is 3.25. The normalized spacial score (nSPS) is 11.8. The third-order valence-electron chi connectivity index (χ3n) is 3.54. The van der Waals surface area contributed by atoms with Gasteiger partial charge in [-0.05, 0) is 49.6 Å². The lowest BCUT2D eigenvalue weighted by atomic mass is 10.1. The van der Waals surface area contributed by atoms with Crippen molar-refractivity contribution in [3.8, 4) is 0 Å². The molecule has 7 heteroatoms. The molecular formula is C14H20N4O2S. The molecule has 0 bridgehead atoms. The molecule has 0 fully saturated rings. The van der Waals surface area contributed by atoms with Crippen LogP contribution in [0.15, 0.2) is 29.4 Å². The number of rotatable bonds is 5. The Morgan fingerprint density at radius 2 is 2.00 bits per heavy atom. The highest BCUT2D eigenvalue weighted by molar-refractivity contribution is 7.89. The average Bonchev–Trinajstić information content (AvgIpc) is 2.89. The van der Waals surface area contributed by atoms with Crippen LogP contribution in [0.1, 0.15) is 16.7 Å². The molecule has 0 aliphatic heterocycles. The van der Waals surface area contributed by atoms with Crippen molar-refractivity contribution < 1.29 is 8.42 Å². The Morgan fingerprint density at radius 3 is 2.62 bits per heavy atom. The van der Waals surface area contributed by atoms with Crippen molar-refractivity contribution in [2.24, 2.45) is 0 Å². The maximum atomic E-state index is 12.5. The van der Waals surface area contributed by atoms with Crippen LogP contribution in [0.2, 0.25) is 0 Å². The number of hydrogen-bond donors (Lipinski definition) is 2. The Bertz CT molecular complexity index is 711. The summed E-state index contributed by atoms with van der Waals surface area (Å²) >= 11 is 0. The summed E-state index contributed by atoms with van der Waals surface area (Å²) in [5.74, 6) is 0. The van der Waals surface area contributed by atoms with Crippen molar-refractivity contribution >= 4 is 15.7 Å². The molecule has 1 aromatic carbocycles. The van der Waals surface area contributed by atoms with E-state index in [9.17, 15) is 8.42 Å². The van der Waals surface area contributed by atoms with E-state index in [-0.39, 0.29) is 11.4 Å². The van der Waals surface area contributed by atoms with Crippen LogP contribution in [0.4, 0.5) is 5.69 Å². The van der Waals surface area contributed by atoms with Crippen LogP contribution in [-0.2, 0) is 16.6 Å². The SMILES string of the molecule is Cc1cc(N)c(C)c(S(=O)(=O)NCCn2cccn2)c1C. The van der Waals surface area contributed by atoms with Gasteiger partial charge in [0.25, 0.3) is 0 Å². The fourth-order valence-corrected chi connectivity index (χ4v) is 3.83. The summed E-state index contributed by atoms with van der Waals surface area (Å²) in [6.45, 7) is 6.13. The third-order valence-corrected chi connectivity index (χ3v) is 5.27. The molecule has 2 aromatic rings. The summed E-state index contributed by atoms with van der Waals surface area (Å²) in [4.78, 5) is 0.278. The van der Waals surface area contributed by atoms with Gasteiger partial charge in [0, 0.05) is 24.6 Å². The second-order valence-electron chi connectivity index (χ2n) is 5.03. The fraction of sp³-hybridized carbons (Fsp3) is 0.357. The van der Waals surface area contributed by atoms with Crippen LogP contribution in [0, 0.1) is 20.8 Å². The summed E-state index contributed by atoms with van der Waals surface area (Å²) in [5.41, 5.74) is 8.56. The molecule has 0 atom stereocenters. The van der Waals surface area contributed by atoms with Crippen molar-refractivity contribution in [3.63, 3.8) is 0 Å². The van der Waals surface area contributed by atoms with Crippen LogP contribution in [-0.4, -0.2) is 24.7 Å². The zero-order valence-electron chi connectivity index (χ0n) is 12.4.